The molecule has 1 aromatic rings. The van der Waals surface area contributed by atoms with Crippen molar-refractivity contribution in [1.29, 1.82) is 0 Å². The number of amides is 1. The molecule has 24 heavy (non-hydrogen) atoms. The van der Waals surface area contributed by atoms with Crippen LogP contribution in [0.4, 0.5) is 10.5 Å². The Kier molecular flexibility index (Phi) is 5.10. The number of pyridine rings is 1. The van der Waals surface area contributed by atoms with E-state index in [4.69, 9.17) is 4.74 Å². The van der Waals surface area contributed by atoms with Gasteiger partial charge in [-0.15, -0.1) is 0 Å². The zero-order valence-corrected chi connectivity index (χ0v) is 15.0. The first-order valence-corrected chi connectivity index (χ1v) is 8.06. The number of carbonyl (C=O) groups is 1. The van der Waals surface area contributed by atoms with Crippen molar-refractivity contribution in [3.63, 3.8) is 0 Å². The molecule has 7 nitrogen and oxygen atoms in total. The average Bonchev–Trinajstić information content (AvgIpc) is 2.44. The molecule has 0 atom stereocenters. The van der Waals surface area contributed by atoms with Crippen LogP contribution in [0, 0.1) is 0 Å². The molecule has 0 unspecified atom stereocenters. The zero-order valence-electron chi connectivity index (χ0n) is 15.0. The van der Waals surface area contributed by atoms with Gasteiger partial charge in [0.05, 0.1) is 17.4 Å². The topological polar surface area (TPSA) is 86.1 Å². The van der Waals surface area contributed by atoms with Crippen LogP contribution >= 0.6 is 0 Å². The van der Waals surface area contributed by atoms with Crippen molar-refractivity contribution in [1.82, 2.24) is 9.88 Å². The normalized spacial score (nSPS) is 17.6. The monoisotopic (exact) mass is 335 g/mol. The highest BCUT2D eigenvalue weighted by atomic mass is 16.6. The summed E-state index contributed by atoms with van der Waals surface area (Å²) >= 11 is 0. The van der Waals surface area contributed by atoms with Crippen LogP contribution in [0.25, 0.3) is 0 Å². The number of nitrogens with zero attached hydrogens (tertiary/aromatic N) is 3. The molecular formula is C16H26BN3O4. The van der Waals surface area contributed by atoms with E-state index in [1.807, 2.05) is 34.6 Å². The minimum absolute atomic E-state index is 0.315. The van der Waals surface area contributed by atoms with Crippen molar-refractivity contribution >= 4 is 24.4 Å². The molecule has 1 aromatic heterocycles. The fourth-order valence-corrected chi connectivity index (χ4v) is 2.79. The minimum atomic E-state index is -1.55. The summed E-state index contributed by atoms with van der Waals surface area (Å²) < 4.78 is 5.49. The SMILES string of the molecule is CC(C)(C)OC(=O)N1CCN(c2cncc(B(O)O)c2)CC1(C)C. The quantitative estimate of drug-likeness (QED) is 0.770. The van der Waals surface area contributed by atoms with Gasteiger partial charge < -0.3 is 19.7 Å². The molecule has 8 heteroatoms. The molecule has 1 aliphatic rings. The van der Waals surface area contributed by atoms with Crippen LogP contribution in [-0.2, 0) is 4.74 Å². The standard InChI is InChI=1S/C16H26BN3O4/c1-15(2,3)24-14(21)20-7-6-19(11-16(20,4)5)13-8-12(17(22)23)9-18-10-13/h8-10,22-23H,6-7,11H2,1-5H3. The molecule has 1 aliphatic heterocycles. The fourth-order valence-electron chi connectivity index (χ4n) is 2.79. The summed E-state index contributed by atoms with van der Waals surface area (Å²) in [4.78, 5) is 20.3. The maximum absolute atomic E-state index is 12.4. The molecule has 0 bridgehead atoms. The molecule has 0 saturated carbocycles. The number of rotatable bonds is 2. The number of anilines is 1. The van der Waals surface area contributed by atoms with Gasteiger partial charge in [0.1, 0.15) is 5.60 Å². The van der Waals surface area contributed by atoms with Crippen LogP contribution < -0.4 is 10.4 Å². The van der Waals surface area contributed by atoms with E-state index >= 15 is 0 Å². The van der Waals surface area contributed by atoms with Crippen LogP contribution in [0.15, 0.2) is 18.5 Å². The lowest BCUT2D eigenvalue weighted by Gasteiger charge is -2.47. The van der Waals surface area contributed by atoms with Gasteiger partial charge in [-0.2, -0.15) is 0 Å². The van der Waals surface area contributed by atoms with E-state index in [0.29, 0.717) is 25.1 Å². The molecule has 2 rings (SSSR count). The average molecular weight is 335 g/mol. The number of piperazine rings is 1. The number of carbonyl (C=O) groups excluding carboxylic acids is 1. The molecular weight excluding hydrogens is 309 g/mol. The van der Waals surface area contributed by atoms with Gasteiger partial charge in [0.15, 0.2) is 0 Å². The van der Waals surface area contributed by atoms with Crippen molar-refractivity contribution in [2.45, 2.75) is 45.8 Å². The summed E-state index contributed by atoms with van der Waals surface area (Å²) in [5.41, 5.74) is 0.200. The molecule has 0 aliphatic carbocycles. The summed E-state index contributed by atoms with van der Waals surface area (Å²) in [6.45, 7) is 11.3. The lowest BCUT2D eigenvalue weighted by molar-refractivity contribution is 0.000375. The van der Waals surface area contributed by atoms with Crippen molar-refractivity contribution in [2.75, 3.05) is 24.5 Å². The van der Waals surface area contributed by atoms with Crippen molar-refractivity contribution in [2.24, 2.45) is 0 Å². The summed E-state index contributed by atoms with van der Waals surface area (Å²) in [5, 5.41) is 18.6. The molecule has 0 radical (unpaired) electrons. The van der Waals surface area contributed by atoms with Gasteiger partial charge in [-0.1, -0.05) is 0 Å². The molecule has 1 fully saturated rings. The Morgan fingerprint density at radius 2 is 1.96 bits per heavy atom. The summed E-state index contributed by atoms with van der Waals surface area (Å²) in [7, 11) is -1.55. The highest BCUT2D eigenvalue weighted by Crippen LogP contribution is 2.26. The Bertz CT molecular complexity index is 601. The first-order valence-electron chi connectivity index (χ1n) is 8.06. The molecule has 2 heterocycles. The highest BCUT2D eigenvalue weighted by Gasteiger charge is 2.39. The Balaban J connectivity index is 2.13. The second kappa shape index (κ2) is 6.60. The third kappa shape index (κ3) is 4.39. The zero-order chi connectivity index (χ0) is 18.1. The van der Waals surface area contributed by atoms with E-state index in [2.05, 4.69) is 9.88 Å². The highest BCUT2D eigenvalue weighted by molar-refractivity contribution is 6.58. The maximum Gasteiger partial charge on any atom is 0.490 e. The summed E-state index contributed by atoms with van der Waals surface area (Å²) in [6.07, 6.45) is 2.80. The van der Waals surface area contributed by atoms with E-state index in [9.17, 15) is 14.8 Å². The Labute approximate surface area is 143 Å². The van der Waals surface area contributed by atoms with Gasteiger partial charge in [0.25, 0.3) is 0 Å². The Morgan fingerprint density at radius 1 is 1.29 bits per heavy atom. The van der Waals surface area contributed by atoms with E-state index in [-0.39, 0.29) is 6.09 Å². The second-order valence-electron chi connectivity index (χ2n) is 7.72. The van der Waals surface area contributed by atoms with Crippen LogP contribution in [0.3, 0.4) is 0 Å². The smallest absolute Gasteiger partial charge is 0.444 e. The van der Waals surface area contributed by atoms with Crippen molar-refractivity contribution in [3.05, 3.63) is 18.5 Å². The van der Waals surface area contributed by atoms with E-state index < -0.39 is 18.3 Å². The molecule has 0 aromatic carbocycles. The van der Waals surface area contributed by atoms with E-state index in [1.54, 1.807) is 17.2 Å². The number of hydrogen-bond acceptors (Lipinski definition) is 6. The number of aromatic nitrogens is 1. The molecule has 132 valence electrons. The molecule has 1 saturated heterocycles. The Morgan fingerprint density at radius 3 is 2.50 bits per heavy atom. The predicted octanol–water partition coefficient (Wildman–Crippen LogP) is 0.597. The van der Waals surface area contributed by atoms with Crippen LogP contribution in [0.1, 0.15) is 34.6 Å². The van der Waals surface area contributed by atoms with E-state index in [0.717, 1.165) is 5.69 Å². The van der Waals surface area contributed by atoms with Gasteiger partial charge in [0, 0.05) is 31.3 Å². The van der Waals surface area contributed by atoms with Crippen LogP contribution in [0.2, 0.25) is 0 Å². The van der Waals surface area contributed by atoms with Crippen molar-refractivity contribution < 1.29 is 19.6 Å². The van der Waals surface area contributed by atoms with Gasteiger partial charge in [-0.25, -0.2) is 4.79 Å². The second-order valence-corrected chi connectivity index (χ2v) is 7.72. The molecule has 0 spiro atoms. The molecule has 1 amide bonds. The van der Waals surface area contributed by atoms with Gasteiger partial charge in [0.2, 0.25) is 0 Å². The first-order chi connectivity index (χ1) is 11.0. The maximum atomic E-state index is 12.4. The van der Waals surface area contributed by atoms with Crippen molar-refractivity contribution in [3.8, 4) is 0 Å². The summed E-state index contributed by atoms with van der Waals surface area (Å²) in [5.74, 6) is 0. The van der Waals surface area contributed by atoms with Gasteiger partial charge in [-0.3, -0.25) is 9.88 Å². The Hall–Kier alpha value is -1.80. The first kappa shape index (κ1) is 18.5. The third-order valence-corrected chi connectivity index (χ3v) is 3.92. The third-order valence-electron chi connectivity index (χ3n) is 3.92. The van der Waals surface area contributed by atoms with Gasteiger partial charge >= 0.3 is 13.2 Å². The molecule has 2 N–H and O–H groups in total. The lowest BCUT2D eigenvalue weighted by Crippen LogP contribution is -2.62. The fraction of sp³-hybridized carbons (Fsp3) is 0.625. The minimum Gasteiger partial charge on any atom is -0.444 e. The largest absolute Gasteiger partial charge is 0.490 e. The van der Waals surface area contributed by atoms with Crippen LogP contribution in [0.5, 0.6) is 0 Å². The van der Waals surface area contributed by atoms with E-state index in [1.165, 1.54) is 6.20 Å². The van der Waals surface area contributed by atoms with Gasteiger partial charge in [-0.05, 0) is 40.7 Å². The number of hydrogen-bond donors (Lipinski definition) is 2. The predicted molar refractivity (Wildman–Crippen MR) is 93.3 cm³/mol. The van der Waals surface area contributed by atoms with Crippen LogP contribution in [-0.4, -0.2) is 63.9 Å². The summed E-state index contributed by atoms with van der Waals surface area (Å²) in [6, 6.07) is 1.71. The lowest BCUT2D eigenvalue weighted by atomic mass is 9.81. The number of ether oxygens (including phenoxy) is 1.